The summed E-state index contributed by atoms with van der Waals surface area (Å²) in [7, 11) is 2.10. The van der Waals surface area contributed by atoms with E-state index in [1.54, 1.807) is 0 Å². The molecule has 1 aliphatic rings. The molecule has 1 aliphatic heterocycles. The number of hydrogen-bond donors (Lipinski definition) is 1. The highest BCUT2D eigenvalue weighted by molar-refractivity contribution is 7.12. The van der Waals surface area contributed by atoms with Crippen molar-refractivity contribution in [1.82, 2.24) is 14.8 Å². The summed E-state index contributed by atoms with van der Waals surface area (Å²) in [6.45, 7) is 7.81. The molecule has 0 spiro atoms. The zero-order valence-corrected chi connectivity index (χ0v) is 14.2. The van der Waals surface area contributed by atoms with Crippen molar-refractivity contribution >= 4 is 11.3 Å². The van der Waals surface area contributed by atoms with Crippen LogP contribution in [-0.2, 0) is 18.3 Å². The van der Waals surface area contributed by atoms with Gasteiger partial charge in [-0.1, -0.05) is 0 Å². The first-order chi connectivity index (χ1) is 10.7. The number of hydrogen-bond acceptors (Lipinski definition) is 4. The Morgan fingerprint density at radius 1 is 1.27 bits per heavy atom. The lowest BCUT2D eigenvalue weighted by atomic mass is 10.2. The Morgan fingerprint density at radius 2 is 2.09 bits per heavy atom. The molecule has 3 rings (SSSR count). The third-order valence-electron chi connectivity index (χ3n) is 4.27. The van der Waals surface area contributed by atoms with E-state index in [4.69, 9.17) is 4.74 Å². The minimum atomic E-state index is 0.447. The number of aryl methyl sites for hydroxylation is 2. The Bertz CT molecular complexity index is 586. The van der Waals surface area contributed by atoms with Gasteiger partial charge in [0.15, 0.2) is 0 Å². The van der Waals surface area contributed by atoms with Crippen molar-refractivity contribution in [3.8, 4) is 0 Å². The number of nitrogens with one attached hydrogen (secondary N) is 1. The molecule has 1 N–H and O–H groups in total. The van der Waals surface area contributed by atoms with Crippen molar-refractivity contribution in [3.63, 3.8) is 0 Å². The summed E-state index contributed by atoms with van der Waals surface area (Å²) in [6.07, 6.45) is 2.10. The van der Waals surface area contributed by atoms with Crippen LogP contribution in [0, 0.1) is 6.92 Å². The molecule has 0 unspecified atom stereocenters. The van der Waals surface area contributed by atoms with Gasteiger partial charge in [-0.05, 0) is 31.2 Å². The van der Waals surface area contributed by atoms with Gasteiger partial charge in [0, 0.05) is 54.9 Å². The van der Waals surface area contributed by atoms with Gasteiger partial charge in [0.2, 0.25) is 0 Å². The molecule has 1 fully saturated rings. The monoisotopic (exact) mass is 319 g/mol. The average Bonchev–Trinajstić information content (AvgIpc) is 3.13. The maximum absolute atomic E-state index is 5.51. The quantitative estimate of drug-likeness (QED) is 0.887. The minimum Gasteiger partial charge on any atom is -0.379 e. The molecule has 1 saturated heterocycles. The van der Waals surface area contributed by atoms with Crippen LogP contribution in [-0.4, -0.2) is 42.3 Å². The molecule has 4 nitrogen and oxygen atoms in total. The van der Waals surface area contributed by atoms with Crippen LogP contribution in [0.3, 0.4) is 0 Å². The Kier molecular flexibility index (Phi) is 5.31. The molecule has 22 heavy (non-hydrogen) atoms. The van der Waals surface area contributed by atoms with Crippen molar-refractivity contribution < 1.29 is 4.74 Å². The van der Waals surface area contributed by atoms with E-state index in [1.165, 1.54) is 15.4 Å². The molecule has 0 radical (unpaired) electrons. The lowest BCUT2D eigenvalue weighted by Crippen LogP contribution is -2.42. The van der Waals surface area contributed by atoms with Gasteiger partial charge in [-0.2, -0.15) is 0 Å². The lowest BCUT2D eigenvalue weighted by molar-refractivity contribution is 0.0168. The zero-order valence-electron chi connectivity index (χ0n) is 13.4. The summed E-state index contributed by atoms with van der Waals surface area (Å²) in [4.78, 5) is 5.39. The summed E-state index contributed by atoms with van der Waals surface area (Å²) >= 11 is 1.91. The van der Waals surface area contributed by atoms with Crippen LogP contribution in [0.5, 0.6) is 0 Å². The largest absolute Gasteiger partial charge is 0.379 e. The van der Waals surface area contributed by atoms with E-state index in [-0.39, 0.29) is 0 Å². The highest BCUT2D eigenvalue weighted by Gasteiger charge is 2.23. The molecular weight excluding hydrogens is 294 g/mol. The third-order valence-corrected chi connectivity index (χ3v) is 5.37. The number of ether oxygens (including phenoxy) is 1. The van der Waals surface area contributed by atoms with E-state index < -0.39 is 0 Å². The maximum Gasteiger partial charge on any atom is 0.0594 e. The van der Waals surface area contributed by atoms with Gasteiger partial charge in [0.25, 0.3) is 0 Å². The molecule has 0 saturated carbocycles. The van der Waals surface area contributed by atoms with E-state index in [9.17, 15) is 0 Å². The summed E-state index contributed by atoms with van der Waals surface area (Å²) in [5.41, 5.74) is 1.32. The Hall–Kier alpha value is -1.14. The van der Waals surface area contributed by atoms with Gasteiger partial charge in [0.05, 0.1) is 19.3 Å². The smallest absolute Gasteiger partial charge is 0.0594 e. The standard InChI is InChI=1S/C17H25N3OS/c1-14-5-6-17(22-14)16(20-8-10-21-11-9-20)13-18-12-15-4-3-7-19(15)2/h3-7,16,18H,8-13H2,1-2H3/t16-/m0/s1. The summed E-state index contributed by atoms with van der Waals surface area (Å²) in [5.74, 6) is 0. The number of morpholine rings is 1. The average molecular weight is 319 g/mol. The lowest BCUT2D eigenvalue weighted by Gasteiger charge is -2.34. The number of aromatic nitrogens is 1. The third kappa shape index (κ3) is 3.79. The van der Waals surface area contributed by atoms with Crippen LogP contribution in [0.15, 0.2) is 30.5 Å². The molecule has 0 amide bonds. The molecule has 3 heterocycles. The van der Waals surface area contributed by atoms with Gasteiger partial charge in [-0.15, -0.1) is 11.3 Å². The minimum absolute atomic E-state index is 0.447. The fraction of sp³-hybridized carbons (Fsp3) is 0.529. The topological polar surface area (TPSA) is 29.4 Å². The van der Waals surface area contributed by atoms with Gasteiger partial charge in [-0.25, -0.2) is 0 Å². The van der Waals surface area contributed by atoms with Crippen LogP contribution >= 0.6 is 11.3 Å². The molecule has 0 aliphatic carbocycles. The van der Waals surface area contributed by atoms with E-state index in [2.05, 4.69) is 59.2 Å². The van der Waals surface area contributed by atoms with Crippen LogP contribution in [0.2, 0.25) is 0 Å². The summed E-state index contributed by atoms with van der Waals surface area (Å²) in [6, 6.07) is 9.22. The SMILES string of the molecule is Cc1ccc([C@H](CNCc2cccn2C)N2CCOCC2)s1. The predicted octanol–water partition coefficient (Wildman–Crippen LogP) is 2.56. The molecule has 0 aromatic carbocycles. The molecule has 0 bridgehead atoms. The van der Waals surface area contributed by atoms with Crippen LogP contribution in [0.25, 0.3) is 0 Å². The number of nitrogens with zero attached hydrogens (tertiary/aromatic N) is 2. The Labute approximate surface area is 136 Å². The Balaban J connectivity index is 1.64. The predicted molar refractivity (Wildman–Crippen MR) is 91.3 cm³/mol. The van der Waals surface area contributed by atoms with E-state index in [0.717, 1.165) is 39.4 Å². The second-order valence-corrected chi connectivity index (χ2v) is 7.17. The first-order valence-electron chi connectivity index (χ1n) is 7.93. The number of rotatable bonds is 6. The van der Waals surface area contributed by atoms with Crippen LogP contribution in [0.1, 0.15) is 21.5 Å². The molecule has 5 heteroatoms. The molecule has 1 atom stereocenters. The van der Waals surface area contributed by atoms with Gasteiger partial charge in [0.1, 0.15) is 0 Å². The van der Waals surface area contributed by atoms with E-state index in [0.29, 0.717) is 6.04 Å². The Morgan fingerprint density at radius 3 is 2.73 bits per heavy atom. The second kappa shape index (κ2) is 7.42. The van der Waals surface area contributed by atoms with Crippen molar-refractivity contribution in [1.29, 1.82) is 0 Å². The number of thiophene rings is 1. The van der Waals surface area contributed by atoms with Crippen molar-refractivity contribution in [2.24, 2.45) is 7.05 Å². The van der Waals surface area contributed by atoms with Crippen LogP contribution in [0.4, 0.5) is 0 Å². The fourth-order valence-electron chi connectivity index (χ4n) is 2.95. The van der Waals surface area contributed by atoms with E-state index >= 15 is 0 Å². The van der Waals surface area contributed by atoms with Gasteiger partial charge in [-0.3, -0.25) is 4.90 Å². The normalized spacial score (nSPS) is 17.7. The highest BCUT2D eigenvalue weighted by Crippen LogP contribution is 2.27. The van der Waals surface area contributed by atoms with E-state index in [1.807, 2.05) is 11.3 Å². The van der Waals surface area contributed by atoms with Crippen molar-refractivity contribution in [3.05, 3.63) is 45.9 Å². The first kappa shape index (κ1) is 15.7. The molecule has 2 aromatic heterocycles. The first-order valence-corrected chi connectivity index (χ1v) is 8.75. The van der Waals surface area contributed by atoms with Gasteiger partial charge >= 0.3 is 0 Å². The van der Waals surface area contributed by atoms with Gasteiger partial charge < -0.3 is 14.6 Å². The molecule has 120 valence electrons. The molecular formula is C17H25N3OS. The second-order valence-electron chi connectivity index (χ2n) is 5.85. The fourth-order valence-corrected chi connectivity index (χ4v) is 3.96. The maximum atomic E-state index is 5.51. The summed E-state index contributed by atoms with van der Waals surface area (Å²) < 4.78 is 7.68. The summed E-state index contributed by atoms with van der Waals surface area (Å²) in [5, 5.41) is 3.64. The molecule has 2 aromatic rings. The highest BCUT2D eigenvalue weighted by atomic mass is 32.1. The van der Waals surface area contributed by atoms with Crippen molar-refractivity contribution in [2.75, 3.05) is 32.8 Å². The van der Waals surface area contributed by atoms with Crippen molar-refractivity contribution in [2.45, 2.75) is 19.5 Å². The zero-order chi connectivity index (χ0) is 15.4. The van der Waals surface area contributed by atoms with Crippen LogP contribution < -0.4 is 5.32 Å².